The lowest BCUT2D eigenvalue weighted by Crippen LogP contribution is -2.48. The van der Waals surface area contributed by atoms with Crippen molar-refractivity contribution < 1.29 is 19.1 Å². The fraction of sp³-hybridized carbons (Fsp3) is 0.412. The average molecular weight is 372 g/mol. The Morgan fingerprint density at radius 1 is 1.33 bits per heavy atom. The number of halogens is 2. The third kappa shape index (κ3) is 4.29. The van der Waals surface area contributed by atoms with Gasteiger partial charge >= 0.3 is 5.97 Å². The second-order valence-corrected chi connectivity index (χ2v) is 6.30. The molecule has 5 nitrogen and oxygen atoms in total. The number of ether oxygens (including phenoxy) is 2. The summed E-state index contributed by atoms with van der Waals surface area (Å²) in [5.41, 5.74) is -0.0229. The summed E-state index contributed by atoms with van der Waals surface area (Å²) in [4.78, 5) is 23.9. The number of carbonyl (C=O) groups is 2. The molecular weight excluding hydrogens is 353 g/mol. The SMILES string of the molecule is COC(=O)/C=C/CNC(=O)C1(c2ccc(Cl)cc2Cl)CCOCC1. The van der Waals surface area contributed by atoms with E-state index in [-0.39, 0.29) is 12.5 Å². The number of methoxy groups -OCH3 is 1. The molecule has 2 rings (SSSR count). The molecule has 7 heteroatoms. The molecule has 0 aliphatic carbocycles. The monoisotopic (exact) mass is 371 g/mol. The molecular formula is C17H19Cl2NO4. The first-order chi connectivity index (χ1) is 11.5. The molecule has 0 radical (unpaired) electrons. The van der Waals surface area contributed by atoms with Crippen molar-refractivity contribution in [2.45, 2.75) is 18.3 Å². The van der Waals surface area contributed by atoms with Crippen LogP contribution in [0.1, 0.15) is 18.4 Å². The van der Waals surface area contributed by atoms with Gasteiger partial charge in [0.25, 0.3) is 0 Å². The Bertz CT molecular complexity index is 639. The maximum Gasteiger partial charge on any atom is 0.330 e. The molecule has 1 aromatic carbocycles. The van der Waals surface area contributed by atoms with Gasteiger partial charge in [-0.3, -0.25) is 4.79 Å². The van der Waals surface area contributed by atoms with E-state index in [9.17, 15) is 9.59 Å². The van der Waals surface area contributed by atoms with Crippen LogP contribution >= 0.6 is 23.2 Å². The van der Waals surface area contributed by atoms with Gasteiger partial charge in [-0.25, -0.2) is 4.79 Å². The van der Waals surface area contributed by atoms with Gasteiger partial charge in [-0.2, -0.15) is 0 Å². The second-order valence-electron chi connectivity index (χ2n) is 5.45. The molecule has 1 aromatic rings. The smallest absolute Gasteiger partial charge is 0.330 e. The van der Waals surface area contributed by atoms with Gasteiger partial charge in [-0.1, -0.05) is 35.3 Å². The van der Waals surface area contributed by atoms with Crippen LogP contribution in [0.3, 0.4) is 0 Å². The van der Waals surface area contributed by atoms with E-state index in [1.807, 2.05) is 0 Å². The Balaban J connectivity index is 2.19. The highest BCUT2D eigenvalue weighted by Gasteiger charge is 2.42. The zero-order valence-corrected chi connectivity index (χ0v) is 14.8. The number of hydrogen-bond acceptors (Lipinski definition) is 4. The summed E-state index contributed by atoms with van der Waals surface area (Å²) < 4.78 is 9.91. The fourth-order valence-corrected chi connectivity index (χ4v) is 3.35. The lowest BCUT2D eigenvalue weighted by Gasteiger charge is -2.36. The Hall–Kier alpha value is -1.56. The quantitative estimate of drug-likeness (QED) is 0.638. The summed E-state index contributed by atoms with van der Waals surface area (Å²) in [6, 6.07) is 5.16. The van der Waals surface area contributed by atoms with Crippen molar-refractivity contribution in [1.82, 2.24) is 5.32 Å². The van der Waals surface area contributed by atoms with Crippen molar-refractivity contribution in [1.29, 1.82) is 0 Å². The van der Waals surface area contributed by atoms with Gasteiger partial charge in [0.05, 0.1) is 12.5 Å². The molecule has 1 aliphatic heterocycles. The molecule has 24 heavy (non-hydrogen) atoms. The molecule has 0 unspecified atom stereocenters. The number of esters is 1. The molecule has 0 saturated carbocycles. The number of rotatable bonds is 5. The molecule has 0 aromatic heterocycles. The number of benzene rings is 1. The highest BCUT2D eigenvalue weighted by atomic mass is 35.5. The molecule has 1 heterocycles. The fourth-order valence-electron chi connectivity index (χ4n) is 2.76. The minimum Gasteiger partial charge on any atom is -0.466 e. The Morgan fingerprint density at radius 2 is 2.04 bits per heavy atom. The van der Waals surface area contributed by atoms with Gasteiger partial charge in [0.2, 0.25) is 5.91 Å². The Labute approximate surface area is 150 Å². The van der Waals surface area contributed by atoms with E-state index >= 15 is 0 Å². The largest absolute Gasteiger partial charge is 0.466 e. The highest BCUT2D eigenvalue weighted by molar-refractivity contribution is 6.35. The summed E-state index contributed by atoms with van der Waals surface area (Å²) in [5.74, 6) is -0.615. The topological polar surface area (TPSA) is 64.6 Å². The van der Waals surface area contributed by atoms with Crippen molar-refractivity contribution in [3.63, 3.8) is 0 Å². The molecule has 0 spiro atoms. The molecule has 1 amide bonds. The molecule has 1 N–H and O–H groups in total. The zero-order chi connectivity index (χ0) is 17.6. The molecule has 130 valence electrons. The van der Waals surface area contributed by atoms with Crippen molar-refractivity contribution in [3.05, 3.63) is 46.0 Å². The molecule has 0 bridgehead atoms. The van der Waals surface area contributed by atoms with E-state index in [1.54, 1.807) is 24.3 Å². The zero-order valence-electron chi connectivity index (χ0n) is 13.3. The van der Waals surface area contributed by atoms with E-state index < -0.39 is 11.4 Å². The lowest BCUT2D eigenvalue weighted by atomic mass is 9.73. The van der Waals surface area contributed by atoms with Crippen LogP contribution in [0.2, 0.25) is 10.0 Å². The minimum atomic E-state index is -0.765. The van der Waals surface area contributed by atoms with Gasteiger partial charge in [-0.05, 0) is 30.5 Å². The van der Waals surface area contributed by atoms with Crippen LogP contribution in [-0.2, 0) is 24.5 Å². The third-order valence-electron chi connectivity index (χ3n) is 4.06. The predicted octanol–water partition coefficient (Wildman–Crippen LogP) is 2.89. The van der Waals surface area contributed by atoms with Crippen LogP contribution in [0.15, 0.2) is 30.4 Å². The third-order valence-corrected chi connectivity index (χ3v) is 4.61. The number of nitrogens with one attached hydrogen (secondary N) is 1. The van der Waals surface area contributed by atoms with Gasteiger partial charge < -0.3 is 14.8 Å². The van der Waals surface area contributed by atoms with Crippen LogP contribution in [0.25, 0.3) is 0 Å². The van der Waals surface area contributed by atoms with Crippen LogP contribution in [0, 0.1) is 0 Å². The Kier molecular flexibility index (Phi) is 6.66. The number of carbonyl (C=O) groups excluding carboxylic acids is 2. The lowest BCUT2D eigenvalue weighted by molar-refractivity contribution is -0.135. The normalized spacial score (nSPS) is 16.8. The van der Waals surface area contributed by atoms with Crippen molar-refractivity contribution >= 4 is 35.1 Å². The number of hydrogen-bond donors (Lipinski definition) is 1. The standard InChI is InChI=1S/C17H19Cl2NO4/c1-23-15(21)3-2-8-20-16(22)17(6-9-24-10-7-17)13-5-4-12(18)11-14(13)19/h2-5,11H,6-10H2,1H3,(H,20,22)/b3-2+. The molecule has 1 saturated heterocycles. The second kappa shape index (κ2) is 8.51. The number of amides is 1. The summed E-state index contributed by atoms with van der Waals surface area (Å²) in [6.07, 6.45) is 3.87. The van der Waals surface area contributed by atoms with Crippen molar-refractivity contribution in [2.75, 3.05) is 26.9 Å². The van der Waals surface area contributed by atoms with E-state index in [1.165, 1.54) is 13.2 Å². The van der Waals surface area contributed by atoms with Gasteiger partial charge in [0.15, 0.2) is 0 Å². The molecule has 1 fully saturated rings. The highest BCUT2D eigenvalue weighted by Crippen LogP contribution is 2.39. The first-order valence-electron chi connectivity index (χ1n) is 7.55. The van der Waals surface area contributed by atoms with Gasteiger partial charge in [0, 0.05) is 35.9 Å². The first-order valence-corrected chi connectivity index (χ1v) is 8.31. The van der Waals surface area contributed by atoms with Gasteiger partial charge in [-0.15, -0.1) is 0 Å². The molecule has 1 aliphatic rings. The Morgan fingerprint density at radius 3 is 2.67 bits per heavy atom. The van der Waals surface area contributed by atoms with Crippen LogP contribution in [-0.4, -0.2) is 38.7 Å². The van der Waals surface area contributed by atoms with E-state index in [0.717, 1.165) is 5.56 Å². The van der Waals surface area contributed by atoms with Crippen LogP contribution < -0.4 is 5.32 Å². The molecule has 0 atom stereocenters. The maximum absolute atomic E-state index is 12.9. The van der Waals surface area contributed by atoms with Crippen LogP contribution in [0.4, 0.5) is 0 Å². The maximum atomic E-state index is 12.9. The van der Waals surface area contributed by atoms with Crippen LogP contribution in [0.5, 0.6) is 0 Å². The first kappa shape index (κ1) is 18.8. The summed E-state index contributed by atoms with van der Waals surface area (Å²) in [5, 5.41) is 3.82. The summed E-state index contributed by atoms with van der Waals surface area (Å²) >= 11 is 12.3. The van der Waals surface area contributed by atoms with Crippen molar-refractivity contribution in [2.24, 2.45) is 0 Å². The van der Waals surface area contributed by atoms with E-state index in [4.69, 9.17) is 27.9 Å². The summed E-state index contributed by atoms with van der Waals surface area (Å²) in [7, 11) is 1.30. The van der Waals surface area contributed by atoms with Crippen molar-refractivity contribution in [3.8, 4) is 0 Å². The van der Waals surface area contributed by atoms with Gasteiger partial charge in [0.1, 0.15) is 0 Å². The minimum absolute atomic E-state index is 0.149. The van der Waals surface area contributed by atoms with E-state index in [0.29, 0.717) is 36.1 Å². The predicted molar refractivity (Wildman–Crippen MR) is 92.4 cm³/mol. The summed E-state index contributed by atoms with van der Waals surface area (Å²) in [6.45, 7) is 1.18. The average Bonchev–Trinajstić information content (AvgIpc) is 2.58. The van der Waals surface area contributed by atoms with E-state index in [2.05, 4.69) is 10.1 Å².